The van der Waals surface area contributed by atoms with E-state index in [9.17, 15) is 9.18 Å². The molecule has 1 amide bonds. The Hall–Kier alpha value is -3.66. The highest BCUT2D eigenvalue weighted by Crippen LogP contribution is 2.28. The molecule has 0 saturated carbocycles. The first-order valence-electron chi connectivity index (χ1n) is 10.5. The molecule has 0 aliphatic carbocycles. The van der Waals surface area contributed by atoms with E-state index < -0.39 is 0 Å². The van der Waals surface area contributed by atoms with E-state index in [4.69, 9.17) is 9.15 Å². The smallest absolute Gasteiger partial charge is 0.277 e. The molecule has 0 unspecified atom stereocenters. The maximum Gasteiger partial charge on any atom is 0.277 e. The number of aromatic nitrogens is 4. The summed E-state index contributed by atoms with van der Waals surface area (Å²) in [5.74, 6) is 1.02. The van der Waals surface area contributed by atoms with E-state index in [1.165, 1.54) is 12.1 Å². The Bertz CT molecular complexity index is 1280. The third-order valence-electron chi connectivity index (χ3n) is 4.89. The first-order chi connectivity index (χ1) is 16.2. The van der Waals surface area contributed by atoms with Crippen LogP contribution in [0.4, 0.5) is 10.2 Å². The Kier molecular flexibility index (Phi) is 6.69. The number of amides is 1. The molecule has 1 N–H and O–H groups in total. The van der Waals surface area contributed by atoms with Gasteiger partial charge in [-0.3, -0.25) is 4.79 Å². The quantitative estimate of drug-likeness (QED) is 0.367. The summed E-state index contributed by atoms with van der Waals surface area (Å²) in [7, 11) is 1.60. The number of methoxy groups -OCH3 is 1. The largest absolute Gasteiger partial charge is 0.497 e. The van der Waals surface area contributed by atoms with Gasteiger partial charge in [-0.25, -0.2) is 9.07 Å². The summed E-state index contributed by atoms with van der Waals surface area (Å²) in [6.07, 6.45) is 0. The van der Waals surface area contributed by atoms with Crippen molar-refractivity contribution in [2.24, 2.45) is 0 Å². The highest BCUT2D eigenvalue weighted by atomic mass is 32.2. The van der Waals surface area contributed by atoms with Gasteiger partial charge in [-0.15, -0.1) is 10.2 Å². The zero-order chi connectivity index (χ0) is 24.3. The van der Waals surface area contributed by atoms with Gasteiger partial charge in [-0.1, -0.05) is 32.5 Å². The number of nitrogens with zero attached hydrogens (tertiary/aromatic N) is 4. The molecule has 0 atom stereocenters. The van der Waals surface area contributed by atoms with Crippen molar-refractivity contribution in [2.75, 3.05) is 18.2 Å². The SMILES string of the molecule is COc1ccc(-c2nnc(SCC(=O)Nc3cc(C(C)(C)C)nn3-c3ccc(F)cc3)o2)cc1. The number of hydrogen-bond acceptors (Lipinski definition) is 7. The van der Waals surface area contributed by atoms with E-state index in [-0.39, 0.29) is 28.1 Å². The zero-order valence-corrected chi connectivity index (χ0v) is 20.0. The average Bonchev–Trinajstić information content (AvgIpc) is 3.46. The van der Waals surface area contributed by atoms with E-state index in [1.54, 1.807) is 36.1 Å². The standard InChI is InChI=1S/C24H24FN5O3S/c1-24(2,3)19-13-20(30(29-19)17-9-7-16(25)8-10-17)26-21(31)14-34-23-28-27-22(33-23)15-5-11-18(32-4)12-6-15/h5-13H,14H2,1-4H3,(H,26,31). The molecule has 34 heavy (non-hydrogen) atoms. The van der Waals surface area contributed by atoms with E-state index in [1.807, 2.05) is 39.0 Å². The molecule has 4 rings (SSSR count). The highest BCUT2D eigenvalue weighted by Gasteiger charge is 2.22. The van der Waals surface area contributed by atoms with Crippen LogP contribution in [0.2, 0.25) is 0 Å². The van der Waals surface area contributed by atoms with Crippen LogP contribution in [0.3, 0.4) is 0 Å². The van der Waals surface area contributed by atoms with Crippen LogP contribution in [0, 0.1) is 5.82 Å². The van der Waals surface area contributed by atoms with Crippen LogP contribution in [0.1, 0.15) is 26.5 Å². The van der Waals surface area contributed by atoms with Gasteiger partial charge in [0.2, 0.25) is 11.8 Å². The zero-order valence-electron chi connectivity index (χ0n) is 19.2. The lowest BCUT2D eigenvalue weighted by molar-refractivity contribution is -0.113. The molecule has 0 aliphatic rings. The number of thioether (sulfide) groups is 1. The van der Waals surface area contributed by atoms with Gasteiger partial charge in [0.15, 0.2) is 0 Å². The molecule has 4 aromatic rings. The second-order valence-corrected chi connectivity index (χ2v) is 9.42. The molecule has 0 spiro atoms. The minimum absolute atomic E-state index is 0.0592. The molecule has 0 aliphatic heterocycles. The van der Waals surface area contributed by atoms with Gasteiger partial charge in [0.1, 0.15) is 17.4 Å². The third-order valence-corrected chi connectivity index (χ3v) is 5.71. The normalized spacial score (nSPS) is 11.4. The fourth-order valence-electron chi connectivity index (χ4n) is 3.04. The molecule has 2 aromatic carbocycles. The Morgan fingerprint density at radius 3 is 2.47 bits per heavy atom. The van der Waals surface area contributed by atoms with Crippen molar-refractivity contribution in [3.8, 4) is 22.9 Å². The summed E-state index contributed by atoms with van der Waals surface area (Å²) in [6, 6.07) is 15.0. The summed E-state index contributed by atoms with van der Waals surface area (Å²) in [4.78, 5) is 12.7. The van der Waals surface area contributed by atoms with Crippen LogP contribution in [-0.2, 0) is 10.2 Å². The molecule has 0 fully saturated rings. The van der Waals surface area contributed by atoms with E-state index in [0.717, 1.165) is 28.8 Å². The summed E-state index contributed by atoms with van der Waals surface area (Å²) in [5.41, 5.74) is 1.95. The fraction of sp³-hybridized carbons (Fsp3) is 0.250. The van der Waals surface area contributed by atoms with Crippen LogP contribution in [0.25, 0.3) is 17.1 Å². The number of anilines is 1. The first kappa shape index (κ1) is 23.5. The lowest BCUT2D eigenvalue weighted by Crippen LogP contribution is -2.17. The van der Waals surface area contributed by atoms with Crippen LogP contribution in [0.15, 0.2) is 64.2 Å². The molecule has 0 radical (unpaired) electrons. The number of halogens is 1. The van der Waals surface area contributed by atoms with Crippen molar-refractivity contribution in [1.82, 2.24) is 20.0 Å². The van der Waals surface area contributed by atoms with Crippen LogP contribution < -0.4 is 10.1 Å². The Morgan fingerprint density at radius 1 is 1.12 bits per heavy atom. The number of ether oxygens (including phenoxy) is 1. The number of carbonyl (C=O) groups excluding carboxylic acids is 1. The van der Waals surface area contributed by atoms with Gasteiger partial charge < -0.3 is 14.5 Å². The number of carbonyl (C=O) groups is 1. The predicted octanol–water partition coefficient (Wildman–Crippen LogP) is 5.10. The maximum absolute atomic E-state index is 13.4. The maximum atomic E-state index is 13.4. The Balaban J connectivity index is 1.45. The molecule has 176 valence electrons. The Labute approximate surface area is 200 Å². The van der Waals surface area contributed by atoms with Crippen molar-refractivity contribution in [2.45, 2.75) is 31.4 Å². The van der Waals surface area contributed by atoms with Crippen LogP contribution >= 0.6 is 11.8 Å². The van der Waals surface area contributed by atoms with Gasteiger partial charge in [-0.05, 0) is 48.5 Å². The van der Waals surface area contributed by atoms with E-state index in [2.05, 4.69) is 20.6 Å². The molecular formula is C24H24FN5O3S. The number of nitrogens with one attached hydrogen (secondary N) is 1. The average molecular weight is 482 g/mol. The van der Waals surface area contributed by atoms with Crippen molar-refractivity contribution >= 4 is 23.5 Å². The van der Waals surface area contributed by atoms with Crippen molar-refractivity contribution in [3.05, 3.63) is 66.1 Å². The minimum atomic E-state index is -0.345. The highest BCUT2D eigenvalue weighted by molar-refractivity contribution is 7.99. The van der Waals surface area contributed by atoms with Gasteiger partial charge in [0, 0.05) is 17.0 Å². The molecule has 8 nitrogen and oxygen atoms in total. The van der Waals surface area contributed by atoms with E-state index in [0.29, 0.717) is 17.4 Å². The van der Waals surface area contributed by atoms with Crippen LogP contribution in [-0.4, -0.2) is 38.7 Å². The second-order valence-electron chi connectivity index (χ2n) is 8.49. The van der Waals surface area contributed by atoms with E-state index >= 15 is 0 Å². The third kappa shape index (κ3) is 5.45. The summed E-state index contributed by atoms with van der Waals surface area (Å²) in [6.45, 7) is 6.09. The second kappa shape index (κ2) is 9.68. The van der Waals surface area contributed by atoms with Crippen molar-refractivity contribution < 1.29 is 18.3 Å². The summed E-state index contributed by atoms with van der Waals surface area (Å²) in [5, 5.41) is 15.8. The topological polar surface area (TPSA) is 95.1 Å². The molecule has 2 aromatic heterocycles. The molecule has 0 bridgehead atoms. The van der Waals surface area contributed by atoms with Gasteiger partial charge in [0.25, 0.3) is 5.22 Å². The predicted molar refractivity (Wildman–Crippen MR) is 128 cm³/mol. The fourth-order valence-corrected chi connectivity index (χ4v) is 3.60. The number of rotatable bonds is 7. The number of hydrogen-bond donors (Lipinski definition) is 1. The van der Waals surface area contributed by atoms with Crippen molar-refractivity contribution in [1.29, 1.82) is 0 Å². The van der Waals surface area contributed by atoms with Gasteiger partial charge in [0.05, 0.1) is 24.2 Å². The first-order valence-corrected chi connectivity index (χ1v) is 11.5. The molecule has 10 heteroatoms. The van der Waals surface area contributed by atoms with Gasteiger partial charge in [-0.2, -0.15) is 5.10 Å². The minimum Gasteiger partial charge on any atom is -0.497 e. The lowest BCUT2D eigenvalue weighted by atomic mass is 9.92. The van der Waals surface area contributed by atoms with Gasteiger partial charge >= 0.3 is 0 Å². The monoisotopic (exact) mass is 481 g/mol. The summed E-state index contributed by atoms with van der Waals surface area (Å²) >= 11 is 1.13. The molecule has 2 heterocycles. The number of benzene rings is 2. The van der Waals surface area contributed by atoms with Crippen molar-refractivity contribution in [3.63, 3.8) is 0 Å². The lowest BCUT2D eigenvalue weighted by Gasteiger charge is -2.14. The Morgan fingerprint density at radius 2 is 1.82 bits per heavy atom. The van der Waals surface area contributed by atoms with Crippen LogP contribution in [0.5, 0.6) is 5.75 Å². The molecule has 0 saturated heterocycles. The molecular weight excluding hydrogens is 457 g/mol. The summed E-state index contributed by atoms with van der Waals surface area (Å²) < 4.78 is 25.8.